The molecule has 0 aromatic carbocycles. The number of aromatic nitrogens is 4. The van der Waals surface area contributed by atoms with Crippen LogP contribution >= 0.6 is 0 Å². The highest BCUT2D eigenvalue weighted by Crippen LogP contribution is 2.20. The van der Waals surface area contributed by atoms with E-state index < -0.39 is 16.6 Å². The zero-order valence-corrected chi connectivity index (χ0v) is 14.8. The van der Waals surface area contributed by atoms with Crippen molar-refractivity contribution in [3.63, 3.8) is 0 Å². The minimum atomic E-state index is -3.88. The van der Waals surface area contributed by atoms with E-state index in [0.29, 0.717) is 11.1 Å². The van der Waals surface area contributed by atoms with Gasteiger partial charge in [0, 0.05) is 12.2 Å². The third kappa shape index (κ3) is 3.81. The van der Waals surface area contributed by atoms with Gasteiger partial charge >= 0.3 is 6.55 Å². The van der Waals surface area contributed by atoms with Gasteiger partial charge in [0.1, 0.15) is 4.90 Å². The van der Waals surface area contributed by atoms with Crippen LogP contribution in [-0.2, 0) is 10.0 Å². The van der Waals surface area contributed by atoms with Gasteiger partial charge in [-0.05, 0) is 40.2 Å². The summed E-state index contributed by atoms with van der Waals surface area (Å²) in [4.78, 5) is -0.235. The molecule has 0 bridgehead atoms. The van der Waals surface area contributed by atoms with E-state index in [9.17, 15) is 17.2 Å². The van der Waals surface area contributed by atoms with Gasteiger partial charge in [-0.3, -0.25) is 4.68 Å². The van der Waals surface area contributed by atoms with Gasteiger partial charge in [-0.15, -0.1) is 0 Å². The molecule has 134 valence electrons. The summed E-state index contributed by atoms with van der Waals surface area (Å²) in [5.41, 5.74) is 1.80. The standard InChI is InChI=1S/C14H21F2N5O2S/c1-9-7-11(3)20(19-9)10(2)5-6-18-24(22,23)13-8-17-21(12(13)4)14(15)16/h7-8,10,14,18H,5-6H2,1-4H3. The summed E-state index contributed by atoms with van der Waals surface area (Å²) in [6.07, 6.45) is 1.46. The summed E-state index contributed by atoms with van der Waals surface area (Å²) in [7, 11) is -3.88. The molecule has 1 atom stereocenters. The first-order valence-corrected chi connectivity index (χ1v) is 8.96. The molecule has 0 aliphatic carbocycles. The molecule has 0 fully saturated rings. The summed E-state index contributed by atoms with van der Waals surface area (Å²) in [5, 5.41) is 7.78. The van der Waals surface area contributed by atoms with Crippen LogP contribution in [0.4, 0.5) is 8.78 Å². The molecule has 0 amide bonds. The van der Waals surface area contributed by atoms with Crippen LogP contribution in [0, 0.1) is 20.8 Å². The van der Waals surface area contributed by atoms with Gasteiger partial charge in [-0.2, -0.15) is 19.0 Å². The lowest BCUT2D eigenvalue weighted by Crippen LogP contribution is -2.27. The Hall–Kier alpha value is -1.81. The highest BCUT2D eigenvalue weighted by Gasteiger charge is 2.23. The second-order valence-electron chi connectivity index (χ2n) is 5.72. The first kappa shape index (κ1) is 18.5. The van der Waals surface area contributed by atoms with Gasteiger partial charge in [0.25, 0.3) is 0 Å². The van der Waals surface area contributed by atoms with Gasteiger partial charge in [-0.1, -0.05) is 0 Å². The molecule has 2 aromatic heterocycles. The van der Waals surface area contributed by atoms with Crippen molar-refractivity contribution in [2.45, 2.75) is 51.6 Å². The lowest BCUT2D eigenvalue weighted by molar-refractivity contribution is 0.0541. The molecule has 2 aromatic rings. The van der Waals surface area contributed by atoms with Gasteiger partial charge in [0.05, 0.1) is 23.6 Å². The predicted molar refractivity (Wildman–Crippen MR) is 84.4 cm³/mol. The normalized spacial score (nSPS) is 13.6. The molecule has 1 unspecified atom stereocenters. The van der Waals surface area contributed by atoms with E-state index in [1.54, 1.807) is 0 Å². The molecule has 24 heavy (non-hydrogen) atoms. The van der Waals surface area contributed by atoms with Gasteiger partial charge in [0.2, 0.25) is 10.0 Å². The van der Waals surface area contributed by atoms with Crippen molar-refractivity contribution >= 4 is 10.0 Å². The fourth-order valence-electron chi connectivity index (χ4n) is 2.56. The number of nitrogens with zero attached hydrogens (tertiary/aromatic N) is 4. The fourth-order valence-corrected chi connectivity index (χ4v) is 3.77. The van der Waals surface area contributed by atoms with Crippen molar-refractivity contribution in [3.05, 3.63) is 29.3 Å². The Morgan fingerprint density at radius 3 is 2.42 bits per heavy atom. The van der Waals surface area contributed by atoms with Crippen LogP contribution in [0.15, 0.2) is 17.2 Å². The maximum atomic E-state index is 12.7. The Morgan fingerprint density at radius 2 is 1.92 bits per heavy atom. The maximum absolute atomic E-state index is 12.7. The van der Waals surface area contributed by atoms with Crippen LogP contribution in [-0.4, -0.2) is 34.5 Å². The minimum absolute atomic E-state index is 0.00582. The molecule has 0 aliphatic heterocycles. The molecule has 0 radical (unpaired) electrons. The van der Waals surface area contributed by atoms with Gasteiger partial charge in [0.15, 0.2) is 0 Å². The zero-order valence-electron chi connectivity index (χ0n) is 14.0. The summed E-state index contributed by atoms with van der Waals surface area (Å²) >= 11 is 0. The van der Waals surface area contributed by atoms with E-state index in [4.69, 9.17) is 0 Å². The second-order valence-corrected chi connectivity index (χ2v) is 7.46. The number of halogens is 2. The van der Waals surface area contributed by atoms with E-state index in [1.807, 2.05) is 31.5 Å². The molecule has 10 heteroatoms. The summed E-state index contributed by atoms with van der Waals surface area (Å²) in [6.45, 7) is 4.35. The number of rotatable bonds is 7. The smallest absolute Gasteiger partial charge is 0.267 e. The molecule has 0 spiro atoms. The molecule has 7 nitrogen and oxygen atoms in total. The molecule has 0 saturated carbocycles. The minimum Gasteiger partial charge on any atom is -0.267 e. The Labute approximate surface area is 139 Å². The van der Waals surface area contributed by atoms with Crippen LogP contribution in [0.5, 0.6) is 0 Å². The summed E-state index contributed by atoms with van der Waals surface area (Å²) in [5.74, 6) is 0. The molecule has 1 N–H and O–H groups in total. The average Bonchev–Trinajstić information content (AvgIpc) is 3.01. The Balaban J connectivity index is 2.02. The SMILES string of the molecule is Cc1cc(C)n(C(C)CCNS(=O)(=O)c2cnn(C(F)F)c2C)n1. The topological polar surface area (TPSA) is 81.8 Å². The van der Waals surface area contributed by atoms with E-state index in [2.05, 4.69) is 14.9 Å². The van der Waals surface area contributed by atoms with Crippen LogP contribution in [0.3, 0.4) is 0 Å². The largest absolute Gasteiger partial charge is 0.333 e. The quantitative estimate of drug-likeness (QED) is 0.821. The van der Waals surface area contributed by atoms with Crippen molar-refractivity contribution in [3.8, 4) is 0 Å². The molecule has 2 heterocycles. The molecule has 0 saturated heterocycles. The van der Waals surface area contributed by atoms with E-state index in [-0.39, 0.29) is 23.2 Å². The Kier molecular flexibility index (Phi) is 5.38. The number of hydrogen-bond donors (Lipinski definition) is 1. The number of sulfonamides is 1. The van der Waals surface area contributed by atoms with Crippen molar-refractivity contribution in [2.24, 2.45) is 0 Å². The Morgan fingerprint density at radius 1 is 1.25 bits per heavy atom. The van der Waals surface area contributed by atoms with Crippen LogP contribution in [0.1, 0.15) is 43.0 Å². The van der Waals surface area contributed by atoms with Gasteiger partial charge < -0.3 is 0 Å². The van der Waals surface area contributed by atoms with Crippen molar-refractivity contribution in [1.82, 2.24) is 24.3 Å². The number of alkyl halides is 2. The summed E-state index contributed by atoms with van der Waals surface area (Å²) in [6, 6.07) is 1.95. The predicted octanol–water partition coefficient (Wildman–Crippen LogP) is 2.33. The maximum Gasteiger partial charge on any atom is 0.333 e. The van der Waals surface area contributed by atoms with E-state index in [0.717, 1.165) is 17.6 Å². The molecular weight excluding hydrogens is 340 g/mol. The average molecular weight is 361 g/mol. The number of hydrogen-bond acceptors (Lipinski definition) is 4. The lowest BCUT2D eigenvalue weighted by Gasteiger charge is -2.14. The Bertz CT molecular complexity index is 813. The van der Waals surface area contributed by atoms with Gasteiger partial charge in [-0.25, -0.2) is 17.8 Å². The number of aryl methyl sites for hydroxylation is 2. The van der Waals surface area contributed by atoms with Crippen LogP contribution in [0.25, 0.3) is 0 Å². The first-order valence-electron chi connectivity index (χ1n) is 7.48. The number of nitrogens with one attached hydrogen (secondary N) is 1. The zero-order chi connectivity index (χ0) is 18.1. The lowest BCUT2D eigenvalue weighted by atomic mass is 10.2. The molecule has 0 aliphatic rings. The highest BCUT2D eigenvalue weighted by molar-refractivity contribution is 7.89. The van der Waals surface area contributed by atoms with Crippen molar-refractivity contribution < 1.29 is 17.2 Å². The third-order valence-corrected chi connectivity index (χ3v) is 5.35. The highest BCUT2D eigenvalue weighted by atomic mass is 32.2. The van der Waals surface area contributed by atoms with Crippen molar-refractivity contribution in [2.75, 3.05) is 6.54 Å². The molecular formula is C14H21F2N5O2S. The molecule has 2 rings (SSSR count). The van der Waals surface area contributed by atoms with E-state index >= 15 is 0 Å². The first-order chi connectivity index (χ1) is 11.1. The van der Waals surface area contributed by atoms with Crippen LogP contribution < -0.4 is 4.72 Å². The third-order valence-electron chi connectivity index (χ3n) is 3.79. The summed E-state index contributed by atoms with van der Waals surface area (Å²) < 4.78 is 54.5. The second kappa shape index (κ2) is 6.98. The monoisotopic (exact) mass is 361 g/mol. The van der Waals surface area contributed by atoms with E-state index in [1.165, 1.54) is 6.92 Å². The van der Waals surface area contributed by atoms with Crippen molar-refractivity contribution in [1.29, 1.82) is 0 Å². The fraction of sp³-hybridized carbons (Fsp3) is 0.571. The van der Waals surface area contributed by atoms with Crippen LogP contribution in [0.2, 0.25) is 0 Å².